The molecule has 1 aliphatic carbocycles. The number of rotatable bonds is 2. The Morgan fingerprint density at radius 1 is 1.53 bits per heavy atom. The van der Waals surface area contributed by atoms with Crippen molar-refractivity contribution in [2.24, 2.45) is 0 Å². The van der Waals surface area contributed by atoms with Crippen molar-refractivity contribution in [2.75, 3.05) is 6.54 Å². The van der Waals surface area contributed by atoms with Crippen LogP contribution in [0.3, 0.4) is 0 Å². The summed E-state index contributed by atoms with van der Waals surface area (Å²) in [5.74, 6) is -0.268. The van der Waals surface area contributed by atoms with Gasteiger partial charge in [0.05, 0.1) is 6.54 Å². The molecule has 0 spiro atoms. The van der Waals surface area contributed by atoms with Gasteiger partial charge in [0.15, 0.2) is 6.23 Å². The number of carbonyl (C=O) groups excluding carboxylic acids is 2. The summed E-state index contributed by atoms with van der Waals surface area (Å²) >= 11 is 0. The molecule has 0 aromatic rings. The zero-order valence-corrected chi connectivity index (χ0v) is 11.0. The number of fused-ring (bicyclic) bond motifs is 3. The van der Waals surface area contributed by atoms with Crippen molar-refractivity contribution in [1.29, 1.82) is 0 Å². The van der Waals surface area contributed by atoms with E-state index in [0.717, 1.165) is 12.8 Å². The van der Waals surface area contributed by atoms with E-state index in [2.05, 4.69) is 28.4 Å². The minimum Gasteiger partial charge on any atom is -0.443 e. The van der Waals surface area contributed by atoms with Crippen molar-refractivity contribution in [3.63, 3.8) is 0 Å². The molecule has 1 amide bonds. The van der Waals surface area contributed by atoms with E-state index in [4.69, 9.17) is 4.74 Å². The lowest BCUT2D eigenvalue weighted by Crippen LogP contribution is -2.51. The molecule has 2 aliphatic heterocycles. The first kappa shape index (κ1) is 12.4. The summed E-state index contributed by atoms with van der Waals surface area (Å²) in [4.78, 5) is 25.1. The first-order valence-corrected chi connectivity index (χ1v) is 6.76. The summed E-state index contributed by atoms with van der Waals surface area (Å²) in [6, 6.07) is 0.0629. The Balaban J connectivity index is 1.81. The van der Waals surface area contributed by atoms with Gasteiger partial charge in [-0.1, -0.05) is 18.2 Å². The molecule has 3 aliphatic rings. The lowest BCUT2D eigenvalue weighted by Gasteiger charge is -2.39. The van der Waals surface area contributed by atoms with E-state index in [1.54, 1.807) is 0 Å². The molecule has 3 rings (SSSR count). The number of hydrogen-bond donors (Lipinski definition) is 1. The van der Waals surface area contributed by atoms with Gasteiger partial charge in [0.25, 0.3) is 0 Å². The summed E-state index contributed by atoms with van der Waals surface area (Å²) in [7, 11) is 0. The fraction of sp³-hybridized carbons (Fsp3) is 0.571. The van der Waals surface area contributed by atoms with Gasteiger partial charge in [0.1, 0.15) is 6.04 Å². The molecule has 1 saturated heterocycles. The lowest BCUT2D eigenvalue weighted by atomic mass is 9.88. The maximum absolute atomic E-state index is 11.9. The number of esters is 1. The van der Waals surface area contributed by atoms with Crippen molar-refractivity contribution >= 4 is 11.9 Å². The second-order valence-corrected chi connectivity index (χ2v) is 5.23. The van der Waals surface area contributed by atoms with Gasteiger partial charge < -0.3 is 10.1 Å². The highest BCUT2D eigenvalue weighted by Crippen LogP contribution is 2.35. The van der Waals surface area contributed by atoms with E-state index in [1.807, 2.05) is 0 Å². The van der Waals surface area contributed by atoms with Gasteiger partial charge in [0, 0.05) is 13.0 Å². The largest absolute Gasteiger partial charge is 0.443 e. The van der Waals surface area contributed by atoms with Crippen molar-refractivity contribution in [3.05, 3.63) is 23.8 Å². The Labute approximate surface area is 112 Å². The monoisotopic (exact) mass is 262 g/mol. The van der Waals surface area contributed by atoms with Crippen LogP contribution < -0.4 is 5.32 Å². The number of carbonyl (C=O) groups is 2. The van der Waals surface area contributed by atoms with Crippen LogP contribution in [0.2, 0.25) is 0 Å². The van der Waals surface area contributed by atoms with E-state index in [1.165, 1.54) is 12.5 Å². The number of cyclic esters (lactones) is 1. The van der Waals surface area contributed by atoms with Crippen LogP contribution in [-0.2, 0) is 14.3 Å². The van der Waals surface area contributed by atoms with Crippen molar-refractivity contribution in [3.8, 4) is 0 Å². The molecular formula is C14H18N2O3. The molecule has 0 aromatic carbocycles. The molecule has 0 radical (unpaired) electrons. The predicted molar refractivity (Wildman–Crippen MR) is 69.1 cm³/mol. The third kappa shape index (κ3) is 2.18. The van der Waals surface area contributed by atoms with Crippen molar-refractivity contribution in [2.45, 2.75) is 44.5 Å². The molecule has 0 bridgehead atoms. The van der Waals surface area contributed by atoms with Crippen LogP contribution in [0.1, 0.15) is 26.2 Å². The smallest absolute Gasteiger partial charge is 0.325 e. The molecule has 5 heteroatoms. The minimum absolute atomic E-state index is 0.101. The third-order valence-corrected chi connectivity index (χ3v) is 3.98. The molecule has 0 saturated carbocycles. The Bertz CT molecular complexity index is 469. The van der Waals surface area contributed by atoms with Crippen LogP contribution in [0.5, 0.6) is 0 Å². The second kappa shape index (κ2) is 4.81. The van der Waals surface area contributed by atoms with Crippen LogP contribution in [0.25, 0.3) is 0 Å². The topological polar surface area (TPSA) is 58.6 Å². The van der Waals surface area contributed by atoms with Crippen LogP contribution in [0.4, 0.5) is 0 Å². The normalized spacial score (nSPS) is 33.2. The van der Waals surface area contributed by atoms with Crippen molar-refractivity contribution < 1.29 is 14.3 Å². The molecule has 3 atom stereocenters. The molecule has 102 valence electrons. The molecule has 2 heterocycles. The number of amides is 1. The fourth-order valence-electron chi connectivity index (χ4n) is 3.13. The second-order valence-electron chi connectivity index (χ2n) is 5.23. The summed E-state index contributed by atoms with van der Waals surface area (Å²) < 4.78 is 5.42. The zero-order chi connectivity index (χ0) is 13.4. The molecule has 1 N–H and O–H groups in total. The number of ether oxygens (including phenoxy) is 1. The summed E-state index contributed by atoms with van der Waals surface area (Å²) in [6.07, 6.45) is 8.85. The molecule has 5 nitrogen and oxygen atoms in total. The number of allylic oxidation sites excluding steroid dienone is 1. The molecule has 19 heavy (non-hydrogen) atoms. The first-order chi connectivity index (χ1) is 9.16. The van der Waals surface area contributed by atoms with Crippen LogP contribution in [0, 0.1) is 0 Å². The average molecular weight is 262 g/mol. The van der Waals surface area contributed by atoms with E-state index in [0.29, 0.717) is 13.0 Å². The maximum atomic E-state index is 11.9. The quantitative estimate of drug-likeness (QED) is 0.745. The van der Waals surface area contributed by atoms with Crippen LogP contribution in [0.15, 0.2) is 23.8 Å². The first-order valence-electron chi connectivity index (χ1n) is 6.76. The Kier molecular flexibility index (Phi) is 3.14. The standard InChI is InChI=1S/C14H18N2O3/c1-9(17)15-8-13-16-11-5-3-2-4-10(11)6-7-12(16)14(18)19-13/h2,4,6,11-13H,3,5,7-8H2,1H3,(H,15,17)/t11?,12?,13-/m0/s1. The van der Waals surface area contributed by atoms with Gasteiger partial charge in [-0.3, -0.25) is 9.59 Å². The van der Waals surface area contributed by atoms with Gasteiger partial charge in [-0.2, -0.15) is 0 Å². The highest BCUT2D eigenvalue weighted by molar-refractivity contribution is 5.79. The fourth-order valence-corrected chi connectivity index (χ4v) is 3.13. The van der Waals surface area contributed by atoms with Gasteiger partial charge in [-0.05, 0) is 24.8 Å². The van der Waals surface area contributed by atoms with E-state index < -0.39 is 0 Å². The highest BCUT2D eigenvalue weighted by Gasteiger charge is 2.47. The minimum atomic E-state index is -0.332. The number of nitrogens with one attached hydrogen (secondary N) is 1. The highest BCUT2D eigenvalue weighted by atomic mass is 16.6. The Morgan fingerprint density at radius 2 is 2.37 bits per heavy atom. The number of nitrogens with zero attached hydrogens (tertiary/aromatic N) is 1. The van der Waals surface area contributed by atoms with Gasteiger partial charge >= 0.3 is 5.97 Å². The Morgan fingerprint density at radius 3 is 3.16 bits per heavy atom. The zero-order valence-electron chi connectivity index (χ0n) is 11.0. The number of hydrogen-bond acceptors (Lipinski definition) is 4. The van der Waals surface area contributed by atoms with Crippen LogP contribution >= 0.6 is 0 Å². The SMILES string of the molecule is CC(=O)NC[C@@H]1OC(=O)C2CC=C3C=CCCC3N21. The van der Waals surface area contributed by atoms with Gasteiger partial charge in [0.2, 0.25) is 5.91 Å². The van der Waals surface area contributed by atoms with E-state index >= 15 is 0 Å². The van der Waals surface area contributed by atoms with E-state index in [-0.39, 0.29) is 30.2 Å². The summed E-state index contributed by atoms with van der Waals surface area (Å²) in [5.41, 5.74) is 1.27. The van der Waals surface area contributed by atoms with E-state index in [9.17, 15) is 9.59 Å². The average Bonchev–Trinajstić information content (AvgIpc) is 2.73. The van der Waals surface area contributed by atoms with Crippen molar-refractivity contribution in [1.82, 2.24) is 10.2 Å². The van der Waals surface area contributed by atoms with Gasteiger partial charge in [-0.15, -0.1) is 0 Å². The maximum Gasteiger partial charge on any atom is 0.325 e. The molecule has 2 unspecified atom stereocenters. The summed E-state index contributed by atoms with van der Waals surface area (Å²) in [6.45, 7) is 1.84. The summed E-state index contributed by atoms with van der Waals surface area (Å²) in [5, 5.41) is 2.74. The predicted octanol–water partition coefficient (Wildman–Crippen LogP) is 0.725. The van der Waals surface area contributed by atoms with Crippen LogP contribution in [-0.4, -0.2) is 41.6 Å². The van der Waals surface area contributed by atoms with Gasteiger partial charge in [-0.25, -0.2) is 4.90 Å². The molecule has 0 aromatic heterocycles. The lowest BCUT2D eigenvalue weighted by molar-refractivity contribution is -0.143. The molecule has 1 fully saturated rings. The molecular weight excluding hydrogens is 244 g/mol. The Hall–Kier alpha value is -1.62. The third-order valence-electron chi connectivity index (χ3n) is 3.98.